The largest absolute Gasteiger partial charge is 0.313 e. The van der Waals surface area contributed by atoms with Crippen LogP contribution < -0.4 is 10.6 Å². The lowest BCUT2D eigenvalue weighted by Crippen LogP contribution is -2.36. The van der Waals surface area contributed by atoms with Gasteiger partial charge < -0.3 is 10.6 Å². The van der Waals surface area contributed by atoms with Crippen LogP contribution in [0.25, 0.3) is 0 Å². The van der Waals surface area contributed by atoms with Gasteiger partial charge in [0.05, 0.1) is 0 Å². The minimum absolute atomic E-state index is 0.670. The van der Waals surface area contributed by atoms with Crippen LogP contribution in [0.15, 0.2) is 0 Å². The number of unbranched alkanes of at least 4 members (excludes halogenated alkanes) is 16. The van der Waals surface area contributed by atoms with E-state index in [1.54, 1.807) is 0 Å². The lowest BCUT2D eigenvalue weighted by molar-refractivity contribution is 0.441. The van der Waals surface area contributed by atoms with Crippen molar-refractivity contribution < 1.29 is 0 Å². The molecule has 0 rings (SSSR count). The Morgan fingerprint density at radius 3 is 0.967 bits per heavy atom. The second-order valence-electron chi connectivity index (χ2n) is 9.94. The molecule has 0 aliphatic rings. The Bertz CT molecular complexity index is 275. The SMILES string of the molecule is CCCCCCCCCCCC(C)NCCNC(C)CCCCCCCCCCC. The molecule has 182 valence electrons. The van der Waals surface area contributed by atoms with Gasteiger partial charge in [0.15, 0.2) is 0 Å². The third kappa shape index (κ3) is 24.2. The van der Waals surface area contributed by atoms with Crippen LogP contribution in [0.5, 0.6) is 0 Å². The predicted octanol–water partition coefficient (Wildman–Crippen LogP) is 8.78. The average Bonchev–Trinajstić information content (AvgIpc) is 2.74. The maximum Gasteiger partial charge on any atom is 0.00793 e. The molecule has 0 saturated heterocycles. The van der Waals surface area contributed by atoms with E-state index >= 15 is 0 Å². The number of rotatable bonds is 25. The summed E-state index contributed by atoms with van der Waals surface area (Å²) in [6.07, 6.45) is 28.4. The fourth-order valence-corrected chi connectivity index (χ4v) is 4.36. The van der Waals surface area contributed by atoms with E-state index in [1.165, 1.54) is 128 Å². The molecule has 0 heterocycles. The molecular weight excluding hydrogens is 364 g/mol. The first-order valence-electron chi connectivity index (χ1n) is 14.2. The summed E-state index contributed by atoms with van der Waals surface area (Å²) in [6, 6.07) is 1.34. The van der Waals surface area contributed by atoms with Gasteiger partial charge in [0.25, 0.3) is 0 Å². The lowest BCUT2D eigenvalue weighted by atomic mass is 10.0. The van der Waals surface area contributed by atoms with Crippen molar-refractivity contribution in [2.24, 2.45) is 0 Å². The van der Waals surface area contributed by atoms with Gasteiger partial charge in [0.2, 0.25) is 0 Å². The molecule has 0 radical (unpaired) electrons. The Morgan fingerprint density at radius 2 is 0.667 bits per heavy atom. The van der Waals surface area contributed by atoms with Gasteiger partial charge in [-0.2, -0.15) is 0 Å². The van der Waals surface area contributed by atoms with Crippen molar-refractivity contribution in [2.45, 2.75) is 168 Å². The number of hydrogen-bond donors (Lipinski definition) is 2. The summed E-state index contributed by atoms with van der Waals surface area (Å²) >= 11 is 0. The minimum atomic E-state index is 0.670. The van der Waals surface area contributed by atoms with Gasteiger partial charge in [-0.1, -0.05) is 129 Å². The molecular formula is C28H60N2. The summed E-state index contributed by atoms with van der Waals surface area (Å²) in [4.78, 5) is 0. The van der Waals surface area contributed by atoms with Crippen molar-refractivity contribution in [3.05, 3.63) is 0 Å². The third-order valence-electron chi connectivity index (χ3n) is 6.59. The van der Waals surface area contributed by atoms with E-state index in [0.29, 0.717) is 12.1 Å². The minimum Gasteiger partial charge on any atom is -0.313 e. The molecule has 0 aliphatic carbocycles. The molecule has 0 bridgehead atoms. The summed E-state index contributed by atoms with van der Waals surface area (Å²) in [5.41, 5.74) is 0. The topological polar surface area (TPSA) is 24.1 Å². The van der Waals surface area contributed by atoms with Gasteiger partial charge in [-0.05, 0) is 26.7 Å². The van der Waals surface area contributed by atoms with E-state index in [4.69, 9.17) is 0 Å². The first-order valence-corrected chi connectivity index (χ1v) is 14.2. The summed E-state index contributed by atoms with van der Waals surface area (Å²) < 4.78 is 0. The standard InChI is InChI=1S/C28H60N2/c1-5-7-9-11-13-15-17-19-21-23-27(3)29-25-26-30-28(4)24-22-20-18-16-14-12-10-8-6-2/h27-30H,5-26H2,1-4H3. The van der Waals surface area contributed by atoms with Crippen LogP contribution in [0.2, 0.25) is 0 Å². The van der Waals surface area contributed by atoms with Gasteiger partial charge in [0, 0.05) is 25.2 Å². The summed E-state index contributed by atoms with van der Waals surface area (Å²) in [7, 11) is 0. The zero-order valence-corrected chi connectivity index (χ0v) is 21.7. The molecule has 0 aromatic rings. The third-order valence-corrected chi connectivity index (χ3v) is 6.59. The van der Waals surface area contributed by atoms with Crippen LogP contribution in [0.4, 0.5) is 0 Å². The first kappa shape index (κ1) is 29.9. The van der Waals surface area contributed by atoms with E-state index in [9.17, 15) is 0 Å². The second-order valence-corrected chi connectivity index (χ2v) is 9.94. The van der Waals surface area contributed by atoms with Gasteiger partial charge in [-0.3, -0.25) is 0 Å². The van der Waals surface area contributed by atoms with E-state index in [1.807, 2.05) is 0 Å². The summed E-state index contributed by atoms with van der Waals surface area (Å²) in [5, 5.41) is 7.41. The zero-order valence-electron chi connectivity index (χ0n) is 21.7. The smallest absolute Gasteiger partial charge is 0.00793 e. The maximum absolute atomic E-state index is 3.71. The van der Waals surface area contributed by atoms with E-state index < -0.39 is 0 Å². The molecule has 0 aliphatic heterocycles. The second kappa shape index (κ2) is 25.2. The average molecular weight is 425 g/mol. The van der Waals surface area contributed by atoms with Gasteiger partial charge in [0.1, 0.15) is 0 Å². The van der Waals surface area contributed by atoms with Crippen molar-refractivity contribution in [1.82, 2.24) is 10.6 Å². The van der Waals surface area contributed by atoms with E-state index in [2.05, 4.69) is 38.3 Å². The fourth-order valence-electron chi connectivity index (χ4n) is 4.36. The highest BCUT2D eigenvalue weighted by molar-refractivity contribution is 4.65. The van der Waals surface area contributed by atoms with Crippen molar-refractivity contribution in [3.8, 4) is 0 Å². The molecule has 2 nitrogen and oxygen atoms in total. The molecule has 2 atom stereocenters. The summed E-state index contributed by atoms with van der Waals surface area (Å²) in [6.45, 7) is 11.5. The molecule has 2 N–H and O–H groups in total. The van der Waals surface area contributed by atoms with Crippen molar-refractivity contribution in [1.29, 1.82) is 0 Å². The Kier molecular flexibility index (Phi) is 25.1. The van der Waals surface area contributed by atoms with E-state index in [-0.39, 0.29) is 0 Å². The van der Waals surface area contributed by atoms with Crippen LogP contribution in [-0.2, 0) is 0 Å². The van der Waals surface area contributed by atoms with Crippen LogP contribution in [0.3, 0.4) is 0 Å². The normalized spacial score (nSPS) is 13.6. The molecule has 0 spiro atoms. The molecule has 2 heteroatoms. The first-order chi connectivity index (χ1) is 14.7. The van der Waals surface area contributed by atoms with Crippen molar-refractivity contribution >= 4 is 0 Å². The van der Waals surface area contributed by atoms with Gasteiger partial charge in [-0.25, -0.2) is 0 Å². The molecule has 0 fully saturated rings. The molecule has 30 heavy (non-hydrogen) atoms. The Morgan fingerprint density at radius 1 is 0.400 bits per heavy atom. The highest BCUT2D eigenvalue weighted by Gasteiger charge is 2.03. The summed E-state index contributed by atoms with van der Waals surface area (Å²) in [5.74, 6) is 0. The monoisotopic (exact) mass is 424 g/mol. The Balaban J connectivity index is 3.27. The van der Waals surface area contributed by atoms with Crippen molar-refractivity contribution in [2.75, 3.05) is 13.1 Å². The highest BCUT2D eigenvalue weighted by Crippen LogP contribution is 2.12. The van der Waals surface area contributed by atoms with Crippen molar-refractivity contribution in [3.63, 3.8) is 0 Å². The molecule has 2 unspecified atom stereocenters. The molecule has 0 amide bonds. The Hall–Kier alpha value is -0.0800. The molecule has 0 saturated carbocycles. The fraction of sp³-hybridized carbons (Fsp3) is 1.00. The Labute approximate surface area is 192 Å². The van der Waals surface area contributed by atoms with Crippen LogP contribution in [0, 0.1) is 0 Å². The van der Waals surface area contributed by atoms with Crippen LogP contribution in [0.1, 0.15) is 156 Å². The molecule has 0 aromatic carbocycles. The van der Waals surface area contributed by atoms with Crippen LogP contribution >= 0.6 is 0 Å². The van der Waals surface area contributed by atoms with Gasteiger partial charge in [-0.15, -0.1) is 0 Å². The number of hydrogen-bond acceptors (Lipinski definition) is 2. The quantitative estimate of drug-likeness (QED) is 0.143. The van der Waals surface area contributed by atoms with Gasteiger partial charge >= 0.3 is 0 Å². The highest BCUT2D eigenvalue weighted by atomic mass is 15.0. The molecule has 0 aromatic heterocycles. The van der Waals surface area contributed by atoms with Crippen LogP contribution in [-0.4, -0.2) is 25.2 Å². The predicted molar refractivity (Wildman–Crippen MR) is 139 cm³/mol. The van der Waals surface area contributed by atoms with E-state index in [0.717, 1.165) is 13.1 Å². The zero-order chi connectivity index (χ0) is 22.1. The maximum atomic E-state index is 3.71. The number of nitrogens with one attached hydrogen (secondary N) is 2. The lowest BCUT2D eigenvalue weighted by Gasteiger charge is -2.17.